The highest BCUT2D eigenvalue weighted by Crippen LogP contribution is 2.39. The third-order valence-corrected chi connectivity index (χ3v) is 5.85. The van der Waals surface area contributed by atoms with Gasteiger partial charge in [-0.15, -0.1) is 22.9 Å². The van der Waals surface area contributed by atoms with Crippen LogP contribution in [0.5, 0.6) is 0 Å². The first-order valence-electron chi connectivity index (χ1n) is 7.17. The highest BCUT2D eigenvalue weighted by molar-refractivity contribution is 7.12. The first-order valence-corrected chi connectivity index (χ1v) is 8.42. The maximum atomic E-state index is 6.66. The lowest BCUT2D eigenvalue weighted by Gasteiger charge is -2.04. The van der Waals surface area contributed by atoms with Gasteiger partial charge in [0.05, 0.1) is 17.3 Å². The van der Waals surface area contributed by atoms with Crippen molar-refractivity contribution in [2.45, 2.75) is 24.6 Å². The number of hydrogen-bond acceptors (Lipinski definition) is 2. The molecule has 1 aliphatic carbocycles. The first-order chi connectivity index (χ1) is 10.3. The van der Waals surface area contributed by atoms with Gasteiger partial charge in [0.15, 0.2) is 0 Å². The van der Waals surface area contributed by atoms with Gasteiger partial charge in [-0.05, 0) is 43.0 Å². The second-order valence-corrected chi connectivity index (χ2v) is 6.97. The molecule has 2 heterocycles. The number of para-hydroxylation sites is 1. The summed E-state index contributed by atoms with van der Waals surface area (Å²) < 4.78 is 1.88. The largest absolute Gasteiger partial charge is 0.241 e. The van der Waals surface area contributed by atoms with Gasteiger partial charge in [-0.3, -0.25) is 0 Å². The van der Waals surface area contributed by atoms with Crippen molar-refractivity contribution in [3.05, 3.63) is 69.7 Å². The van der Waals surface area contributed by atoms with Crippen LogP contribution in [-0.4, -0.2) is 9.78 Å². The van der Waals surface area contributed by atoms with Crippen molar-refractivity contribution >= 4 is 22.9 Å². The molecule has 1 aliphatic rings. The fraction of sp³-hybridized carbons (Fsp3) is 0.235. The summed E-state index contributed by atoms with van der Waals surface area (Å²) in [7, 11) is 0. The number of halogens is 1. The van der Waals surface area contributed by atoms with Crippen molar-refractivity contribution in [1.29, 1.82) is 0 Å². The summed E-state index contributed by atoms with van der Waals surface area (Å²) in [4.78, 5) is 2.76. The van der Waals surface area contributed by atoms with E-state index in [1.54, 1.807) is 0 Å². The molecular formula is C17H15ClN2S. The molecule has 4 heteroatoms. The van der Waals surface area contributed by atoms with E-state index in [2.05, 4.69) is 11.2 Å². The van der Waals surface area contributed by atoms with Crippen LogP contribution >= 0.6 is 22.9 Å². The zero-order valence-corrected chi connectivity index (χ0v) is 13.1. The van der Waals surface area contributed by atoms with Crippen LogP contribution in [0.3, 0.4) is 0 Å². The van der Waals surface area contributed by atoms with Crippen molar-refractivity contribution in [1.82, 2.24) is 9.78 Å². The number of rotatable bonds is 3. The number of nitrogens with zero attached hydrogens (tertiary/aromatic N) is 2. The van der Waals surface area contributed by atoms with E-state index in [9.17, 15) is 0 Å². The fourth-order valence-electron chi connectivity index (χ4n) is 2.83. The van der Waals surface area contributed by atoms with Gasteiger partial charge in [0.25, 0.3) is 0 Å². The second-order valence-electron chi connectivity index (χ2n) is 5.37. The van der Waals surface area contributed by atoms with E-state index in [0.717, 1.165) is 11.3 Å². The summed E-state index contributed by atoms with van der Waals surface area (Å²) in [5.74, 6) is 0. The van der Waals surface area contributed by atoms with Crippen LogP contribution in [0.15, 0.2) is 48.8 Å². The highest BCUT2D eigenvalue weighted by atomic mass is 35.5. The van der Waals surface area contributed by atoms with E-state index in [4.69, 9.17) is 11.6 Å². The van der Waals surface area contributed by atoms with Gasteiger partial charge in [0.1, 0.15) is 0 Å². The number of thiophene rings is 1. The van der Waals surface area contributed by atoms with Crippen molar-refractivity contribution in [2.24, 2.45) is 0 Å². The van der Waals surface area contributed by atoms with Crippen molar-refractivity contribution in [3.8, 4) is 5.69 Å². The lowest BCUT2D eigenvalue weighted by molar-refractivity contribution is 0.880. The number of benzene rings is 1. The minimum Gasteiger partial charge on any atom is -0.241 e. The molecule has 21 heavy (non-hydrogen) atoms. The predicted octanol–water partition coefficient (Wildman–Crippen LogP) is 4.75. The molecule has 0 spiro atoms. The number of alkyl halides is 1. The van der Waals surface area contributed by atoms with E-state index in [1.807, 2.05) is 58.7 Å². The molecule has 3 aromatic rings. The van der Waals surface area contributed by atoms with Gasteiger partial charge in [-0.25, -0.2) is 4.68 Å². The normalized spacial score (nSPS) is 15.1. The summed E-state index contributed by atoms with van der Waals surface area (Å²) in [6.07, 6.45) is 7.61. The molecule has 106 valence electrons. The first kappa shape index (κ1) is 13.1. The lowest BCUT2D eigenvalue weighted by atomic mass is 10.2. The van der Waals surface area contributed by atoms with Crippen LogP contribution in [0.4, 0.5) is 0 Å². The summed E-state index contributed by atoms with van der Waals surface area (Å²) >= 11 is 8.52. The van der Waals surface area contributed by atoms with Gasteiger partial charge in [-0.1, -0.05) is 18.2 Å². The highest BCUT2D eigenvalue weighted by Gasteiger charge is 2.21. The average molecular weight is 315 g/mol. The molecule has 0 saturated carbocycles. The van der Waals surface area contributed by atoms with Crippen molar-refractivity contribution in [2.75, 3.05) is 0 Å². The molecular weight excluding hydrogens is 300 g/mol. The van der Waals surface area contributed by atoms with Crippen LogP contribution in [0.2, 0.25) is 0 Å². The smallest absolute Gasteiger partial charge is 0.0958 e. The molecule has 4 rings (SSSR count). The van der Waals surface area contributed by atoms with Gasteiger partial charge < -0.3 is 0 Å². The summed E-state index contributed by atoms with van der Waals surface area (Å²) in [5, 5.41) is 4.33. The Morgan fingerprint density at radius 3 is 2.86 bits per heavy atom. The molecule has 0 amide bonds. The Morgan fingerprint density at radius 1 is 1.19 bits per heavy atom. The fourth-order valence-corrected chi connectivity index (χ4v) is 4.40. The van der Waals surface area contributed by atoms with Gasteiger partial charge in [0, 0.05) is 21.5 Å². The van der Waals surface area contributed by atoms with Crippen LogP contribution < -0.4 is 0 Å². The molecule has 0 aliphatic heterocycles. The Labute approximate surface area is 133 Å². The molecule has 0 N–H and O–H groups in total. The minimum absolute atomic E-state index is 0.0990. The Bertz CT molecular complexity index is 739. The Hall–Kier alpha value is -1.58. The van der Waals surface area contributed by atoms with Crippen LogP contribution in [-0.2, 0) is 12.8 Å². The van der Waals surface area contributed by atoms with Crippen LogP contribution in [0.25, 0.3) is 5.69 Å². The molecule has 1 atom stereocenters. The number of hydrogen-bond donors (Lipinski definition) is 0. The van der Waals surface area contributed by atoms with E-state index < -0.39 is 0 Å². The van der Waals surface area contributed by atoms with Crippen molar-refractivity contribution < 1.29 is 0 Å². The van der Waals surface area contributed by atoms with E-state index in [1.165, 1.54) is 34.6 Å². The van der Waals surface area contributed by atoms with Crippen LogP contribution in [0.1, 0.15) is 32.7 Å². The van der Waals surface area contributed by atoms with Gasteiger partial charge in [-0.2, -0.15) is 5.10 Å². The molecule has 2 nitrogen and oxygen atoms in total. The zero-order valence-electron chi connectivity index (χ0n) is 11.5. The molecule has 0 saturated heterocycles. The number of aromatic nitrogens is 2. The van der Waals surface area contributed by atoms with Crippen molar-refractivity contribution in [3.63, 3.8) is 0 Å². The van der Waals surface area contributed by atoms with Crippen LogP contribution in [0, 0.1) is 0 Å². The molecule has 0 bridgehead atoms. The van der Waals surface area contributed by atoms with E-state index in [0.29, 0.717) is 0 Å². The number of fused-ring (bicyclic) bond motifs is 1. The molecule has 0 radical (unpaired) electrons. The summed E-state index contributed by atoms with van der Waals surface area (Å²) in [6.45, 7) is 0. The SMILES string of the molecule is ClC(c1cnn(-c2ccccc2)c1)c1cc2c(s1)CCC2. The Morgan fingerprint density at radius 2 is 2.05 bits per heavy atom. The topological polar surface area (TPSA) is 17.8 Å². The quantitative estimate of drug-likeness (QED) is 0.638. The predicted molar refractivity (Wildman–Crippen MR) is 87.6 cm³/mol. The lowest BCUT2D eigenvalue weighted by Crippen LogP contribution is -1.93. The minimum atomic E-state index is -0.0990. The maximum absolute atomic E-state index is 6.66. The zero-order chi connectivity index (χ0) is 14.2. The summed E-state index contributed by atoms with van der Waals surface area (Å²) in [5.41, 5.74) is 3.61. The third-order valence-electron chi connectivity index (χ3n) is 3.93. The molecule has 0 fully saturated rings. The van der Waals surface area contributed by atoms with E-state index >= 15 is 0 Å². The maximum Gasteiger partial charge on any atom is 0.0958 e. The summed E-state index contributed by atoms with van der Waals surface area (Å²) in [6, 6.07) is 12.4. The van der Waals surface area contributed by atoms with Gasteiger partial charge in [0.2, 0.25) is 0 Å². The molecule has 2 aromatic heterocycles. The molecule has 1 unspecified atom stereocenters. The number of aryl methyl sites for hydroxylation is 2. The second kappa shape index (κ2) is 5.32. The molecule has 1 aromatic carbocycles. The Kier molecular flexibility index (Phi) is 3.32. The standard InChI is InChI=1S/C17H15ClN2S/c18-17(16-9-12-5-4-8-15(12)21-16)13-10-19-20(11-13)14-6-2-1-3-7-14/h1-3,6-7,9-11,17H,4-5,8H2. The monoisotopic (exact) mass is 314 g/mol. The van der Waals surface area contributed by atoms with E-state index in [-0.39, 0.29) is 5.38 Å². The average Bonchev–Trinajstić information content (AvgIpc) is 3.22. The Balaban J connectivity index is 1.62. The third kappa shape index (κ3) is 2.41. The van der Waals surface area contributed by atoms with Gasteiger partial charge >= 0.3 is 0 Å².